The summed E-state index contributed by atoms with van der Waals surface area (Å²) >= 11 is 0. The zero-order valence-electron chi connectivity index (χ0n) is 13.8. The normalized spacial score (nSPS) is 18.0. The minimum absolute atomic E-state index is 0.0421. The molecule has 1 fully saturated rings. The first-order valence-corrected chi connectivity index (χ1v) is 8.08. The smallest absolute Gasteiger partial charge is 0.317 e. The van der Waals surface area contributed by atoms with Gasteiger partial charge in [0.05, 0.1) is 17.9 Å². The monoisotopic (exact) mass is 352 g/mol. The molecule has 1 aliphatic heterocycles. The van der Waals surface area contributed by atoms with Crippen molar-refractivity contribution in [3.05, 3.63) is 48.0 Å². The van der Waals surface area contributed by atoms with E-state index in [-0.39, 0.29) is 43.8 Å². The Bertz CT molecular complexity index is 735. The number of hydrogen-bond acceptors (Lipinski definition) is 2. The molecule has 134 valence electrons. The Balaban J connectivity index is 1.61. The zero-order chi connectivity index (χ0) is 18.0. The van der Waals surface area contributed by atoms with Crippen molar-refractivity contribution in [2.24, 2.45) is 0 Å². The zero-order valence-corrected chi connectivity index (χ0v) is 13.8. The number of alkyl halides is 2. The Morgan fingerprint density at radius 3 is 2.52 bits per heavy atom. The number of aromatic nitrogens is 2. The molecule has 1 aromatic heterocycles. The van der Waals surface area contributed by atoms with Gasteiger partial charge < -0.3 is 10.2 Å². The first-order valence-electron chi connectivity index (χ1n) is 8.08. The second-order valence-electron chi connectivity index (χ2n) is 6.21. The fourth-order valence-corrected chi connectivity index (χ4v) is 2.69. The van der Waals surface area contributed by atoms with Gasteiger partial charge in [0.1, 0.15) is 5.82 Å². The number of nitrogens with one attached hydrogen (secondary N) is 1. The molecular formula is C17H19F3N4O. The standard InChI is InChI=1S/C17H19F3N4O/c1-12(22-16(25)23-8-6-17(19,20)7-9-23)13-10-21-24(11-13)15-4-2-14(18)3-5-15/h2-5,10-12H,6-9H2,1H3,(H,22,25). The summed E-state index contributed by atoms with van der Waals surface area (Å²) in [7, 11) is 0. The molecule has 1 atom stereocenters. The van der Waals surface area contributed by atoms with Crippen molar-refractivity contribution < 1.29 is 18.0 Å². The van der Waals surface area contributed by atoms with Gasteiger partial charge in [-0.3, -0.25) is 0 Å². The molecule has 0 saturated carbocycles. The van der Waals surface area contributed by atoms with Crippen molar-refractivity contribution in [2.75, 3.05) is 13.1 Å². The molecule has 5 nitrogen and oxygen atoms in total. The van der Waals surface area contributed by atoms with E-state index in [1.807, 2.05) is 0 Å². The van der Waals surface area contributed by atoms with Gasteiger partial charge in [0, 0.05) is 37.7 Å². The first-order chi connectivity index (χ1) is 11.8. The average molecular weight is 352 g/mol. The van der Waals surface area contributed by atoms with E-state index in [1.54, 1.807) is 36.1 Å². The lowest BCUT2D eigenvalue weighted by molar-refractivity contribution is -0.0470. The van der Waals surface area contributed by atoms with Gasteiger partial charge in [0.25, 0.3) is 5.92 Å². The van der Waals surface area contributed by atoms with Gasteiger partial charge in [-0.15, -0.1) is 0 Å². The highest BCUT2D eigenvalue weighted by Gasteiger charge is 2.35. The molecule has 0 radical (unpaired) electrons. The number of rotatable bonds is 3. The molecule has 1 unspecified atom stereocenters. The fourth-order valence-electron chi connectivity index (χ4n) is 2.69. The minimum atomic E-state index is -2.68. The maximum atomic E-state index is 13.2. The van der Waals surface area contributed by atoms with Crippen LogP contribution in [0.2, 0.25) is 0 Å². The summed E-state index contributed by atoms with van der Waals surface area (Å²) in [6.07, 6.45) is 2.73. The Morgan fingerprint density at radius 2 is 1.88 bits per heavy atom. The third-order valence-corrected chi connectivity index (χ3v) is 4.32. The SMILES string of the molecule is CC(NC(=O)N1CCC(F)(F)CC1)c1cnn(-c2ccc(F)cc2)c1. The summed E-state index contributed by atoms with van der Waals surface area (Å²) in [5.74, 6) is -3.01. The molecule has 25 heavy (non-hydrogen) atoms. The second-order valence-corrected chi connectivity index (χ2v) is 6.21. The largest absolute Gasteiger partial charge is 0.331 e. The van der Waals surface area contributed by atoms with Crippen LogP contribution < -0.4 is 5.32 Å². The summed E-state index contributed by atoms with van der Waals surface area (Å²) in [4.78, 5) is 13.6. The summed E-state index contributed by atoms with van der Waals surface area (Å²) in [6, 6.07) is 5.19. The van der Waals surface area contributed by atoms with Gasteiger partial charge >= 0.3 is 6.03 Å². The van der Waals surface area contributed by atoms with Gasteiger partial charge in [-0.05, 0) is 31.2 Å². The lowest BCUT2D eigenvalue weighted by atomic mass is 10.1. The van der Waals surface area contributed by atoms with Crippen LogP contribution in [0.25, 0.3) is 5.69 Å². The second kappa shape index (κ2) is 6.78. The quantitative estimate of drug-likeness (QED) is 0.919. The van der Waals surface area contributed by atoms with Crippen molar-refractivity contribution in [3.8, 4) is 5.69 Å². The molecule has 2 amide bonds. The van der Waals surface area contributed by atoms with Crippen LogP contribution in [0.1, 0.15) is 31.4 Å². The number of piperidine rings is 1. The van der Waals surface area contributed by atoms with Gasteiger partial charge in [-0.1, -0.05) is 0 Å². The van der Waals surface area contributed by atoms with Crippen molar-refractivity contribution in [1.29, 1.82) is 0 Å². The van der Waals surface area contributed by atoms with E-state index >= 15 is 0 Å². The molecule has 8 heteroatoms. The van der Waals surface area contributed by atoms with Gasteiger partial charge in [0.15, 0.2) is 0 Å². The number of benzene rings is 1. The number of halogens is 3. The fraction of sp³-hybridized carbons (Fsp3) is 0.412. The topological polar surface area (TPSA) is 50.2 Å². The molecule has 1 aromatic carbocycles. The molecule has 2 aromatic rings. The van der Waals surface area contributed by atoms with Gasteiger partial charge in [0.2, 0.25) is 0 Å². The van der Waals surface area contributed by atoms with E-state index in [9.17, 15) is 18.0 Å². The van der Waals surface area contributed by atoms with Gasteiger partial charge in [-0.2, -0.15) is 5.10 Å². The van der Waals surface area contributed by atoms with Crippen molar-refractivity contribution in [3.63, 3.8) is 0 Å². The number of urea groups is 1. The summed E-state index contributed by atoms with van der Waals surface area (Å²) in [5, 5.41) is 7.00. The average Bonchev–Trinajstić information content (AvgIpc) is 3.05. The highest BCUT2D eigenvalue weighted by molar-refractivity contribution is 5.74. The number of carbonyl (C=O) groups is 1. The predicted molar refractivity (Wildman–Crippen MR) is 86.2 cm³/mol. The number of likely N-dealkylation sites (tertiary alicyclic amines) is 1. The Hall–Kier alpha value is -2.51. The molecule has 0 aliphatic carbocycles. The molecule has 1 saturated heterocycles. The third kappa shape index (κ3) is 4.12. The van der Waals surface area contributed by atoms with Gasteiger partial charge in [-0.25, -0.2) is 22.6 Å². The van der Waals surface area contributed by atoms with Crippen LogP contribution in [-0.4, -0.2) is 39.7 Å². The maximum absolute atomic E-state index is 13.2. The van der Waals surface area contributed by atoms with Crippen LogP contribution in [0.5, 0.6) is 0 Å². The minimum Gasteiger partial charge on any atom is -0.331 e. The number of nitrogens with zero attached hydrogens (tertiary/aromatic N) is 3. The summed E-state index contributed by atoms with van der Waals surface area (Å²) < 4.78 is 40.9. The van der Waals surface area contributed by atoms with Crippen LogP contribution in [-0.2, 0) is 0 Å². The van der Waals surface area contributed by atoms with Crippen LogP contribution in [0.3, 0.4) is 0 Å². The molecular weight excluding hydrogens is 333 g/mol. The summed E-state index contributed by atoms with van der Waals surface area (Å²) in [5.41, 5.74) is 1.46. The van der Waals surface area contributed by atoms with Crippen molar-refractivity contribution in [1.82, 2.24) is 20.0 Å². The molecule has 2 heterocycles. The van der Waals surface area contributed by atoms with E-state index < -0.39 is 5.92 Å². The Labute approximate surface area is 143 Å². The van der Waals surface area contributed by atoms with E-state index in [2.05, 4.69) is 10.4 Å². The Kier molecular flexibility index (Phi) is 4.69. The predicted octanol–water partition coefficient (Wildman–Crippen LogP) is 3.51. The van der Waals surface area contributed by atoms with Crippen LogP contribution >= 0.6 is 0 Å². The van der Waals surface area contributed by atoms with Crippen molar-refractivity contribution >= 4 is 6.03 Å². The highest BCUT2D eigenvalue weighted by atomic mass is 19.3. The van der Waals surface area contributed by atoms with E-state index in [4.69, 9.17) is 0 Å². The van der Waals surface area contributed by atoms with Crippen LogP contribution in [0.15, 0.2) is 36.7 Å². The van der Waals surface area contributed by atoms with E-state index in [0.717, 1.165) is 5.56 Å². The molecule has 0 spiro atoms. The van der Waals surface area contributed by atoms with E-state index in [1.165, 1.54) is 17.0 Å². The highest BCUT2D eigenvalue weighted by Crippen LogP contribution is 2.27. The molecule has 1 aliphatic rings. The molecule has 1 N–H and O–H groups in total. The number of amides is 2. The number of carbonyl (C=O) groups excluding carboxylic acids is 1. The lowest BCUT2D eigenvalue weighted by Gasteiger charge is -2.32. The Morgan fingerprint density at radius 1 is 1.24 bits per heavy atom. The van der Waals surface area contributed by atoms with Crippen molar-refractivity contribution in [2.45, 2.75) is 31.7 Å². The van der Waals surface area contributed by atoms with Crippen LogP contribution in [0.4, 0.5) is 18.0 Å². The lowest BCUT2D eigenvalue weighted by Crippen LogP contribution is -2.47. The maximum Gasteiger partial charge on any atom is 0.317 e. The number of hydrogen-bond donors (Lipinski definition) is 1. The third-order valence-electron chi connectivity index (χ3n) is 4.32. The molecule has 0 bridgehead atoms. The molecule has 3 rings (SSSR count). The van der Waals surface area contributed by atoms with E-state index in [0.29, 0.717) is 5.69 Å². The first kappa shape index (κ1) is 17.3. The van der Waals surface area contributed by atoms with Crippen LogP contribution in [0, 0.1) is 5.82 Å². The summed E-state index contributed by atoms with van der Waals surface area (Å²) in [6.45, 7) is 1.88.